The number of esters is 1. The van der Waals surface area contributed by atoms with Gasteiger partial charge in [-0.25, -0.2) is 4.79 Å². The molecule has 0 aliphatic heterocycles. The molecular weight excluding hydrogens is 256 g/mol. The molecule has 1 N–H and O–H groups in total. The third kappa shape index (κ3) is 6.68. The van der Waals surface area contributed by atoms with Crippen LogP contribution in [-0.2, 0) is 20.7 Å². The molecule has 20 heavy (non-hydrogen) atoms. The molecule has 0 aliphatic rings. The maximum atomic E-state index is 11.4. The highest BCUT2D eigenvalue weighted by atomic mass is 16.6. The zero-order valence-electron chi connectivity index (χ0n) is 13.0. The van der Waals surface area contributed by atoms with Crippen LogP contribution >= 0.6 is 0 Å². The van der Waals surface area contributed by atoms with Crippen LogP contribution in [0.1, 0.15) is 33.3 Å². The van der Waals surface area contributed by atoms with Crippen LogP contribution in [0.2, 0.25) is 0 Å². The average molecular weight is 282 g/mol. The summed E-state index contributed by atoms with van der Waals surface area (Å²) >= 11 is 0. The Morgan fingerprint density at radius 3 is 2.20 bits per heavy atom. The SMILES string of the molecule is CC.COC(=O)[C@H](O)C(Cc1ccccc1)OC(C)C. The van der Waals surface area contributed by atoms with Gasteiger partial charge >= 0.3 is 5.97 Å². The van der Waals surface area contributed by atoms with Gasteiger partial charge in [-0.3, -0.25) is 0 Å². The summed E-state index contributed by atoms with van der Waals surface area (Å²) in [6, 6.07) is 9.60. The summed E-state index contributed by atoms with van der Waals surface area (Å²) in [6.07, 6.45) is -1.47. The lowest BCUT2D eigenvalue weighted by Gasteiger charge is -2.23. The summed E-state index contributed by atoms with van der Waals surface area (Å²) in [7, 11) is 1.25. The van der Waals surface area contributed by atoms with Crippen molar-refractivity contribution in [3.8, 4) is 0 Å². The molecule has 0 saturated carbocycles. The lowest BCUT2D eigenvalue weighted by atomic mass is 10.0. The summed E-state index contributed by atoms with van der Waals surface area (Å²) in [6.45, 7) is 7.73. The minimum absolute atomic E-state index is 0.0713. The number of aliphatic hydroxyl groups excluding tert-OH is 1. The summed E-state index contributed by atoms with van der Waals surface area (Å²) in [5.74, 6) is -0.670. The van der Waals surface area contributed by atoms with Crippen molar-refractivity contribution < 1.29 is 19.4 Å². The van der Waals surface area contributed by atoms with E-state index >= 15 is 0 Å². The van der Waals surface area contributed by atoms with Crippen LogP contribution in [-0.4, -0.2) is 36.5 Å². The second-order valence-corrected chi connectivity index (χ2v) is 4.38. The standard InChI is InChI=1S/C14H20O4.C2H6/c1-10(2)18-12(13(15)14(16)17-3)9-11-7-5-4-6-8-11;1-2/h4-8,10,12-13,15H,9H2,1-3H3;1-2H3/t12?,13-;/m1./s1. The first-order valence-corrected chi connectivity index (χ1v) is 7.00. The Morgan fingerprint density at radius 2 is 1.75 bits per heavy atom. The molecule has 4 heteroatoms. The van der Waals surface area contributed by atoms with Crippen molar-refractivity contribution in [1.29, 1.82) is 0 Å². The molecule has 0 fully saturated rings. The molecule has 1 unspecified atom stereocenters. The third-order valence-electron chi connectivity index (χ3n) is 2.52. The minimum atomic E-state index is -1.27. The van der Waals surface area contributed by atoms with Gasteiger partial charge in [0.05, 0.1) is 19.3 Å². The Morgan fingerprint density at radius 1 is 1.20 bits per heavy atom. The maximum Gasteiger partial charge on any atom is 0.337 e. The van der Waals surface area contributed by atoms with E-state index in [0.29, 0.717) is 6.42 Å². The zero-order chi connectivity index (χ0) is 15.5. The van der Waals surface area contributed by atoms with Crippen LogP contribution in [0.3, 0.4) is 0 Å². The van der Waals surface area contributed by atoms with Gasteiger partial charge < -0.3 is 14.6 Å². The van der Waals surface area contributed by atoms with Crippen LogP contribution in [0.25, 0.3) is 0 Å². The number of rotatable bonds is 6. The Balaban J connectivity index is 0.00000172. The smallest absolute Gasteiger partial charge is 0.337 e. The molecule has 0 aromatic heterocycles. The van der Waals surface area contributed by atoms with E-state index in [9.17, 15) is 9.90 Å². The average Bonchev–Trinajstić information content (AvgIpc) is 2.47. The van der Waals surface area contributed by atoms with Gasteiger partial charge in [-0.05, 0) is 19.4 Å². The largest absolute Gasteiger partial charge is 0.467 e. The third-order valence-corrected chi connectivity index (χ3v) is 2.52. The molecule has 1 aromatic carbocycles. The Kier molecular flexibility index (Phi) is 9.68. The van der Waals surface area contributed by atoms with Gasteiger partial charge in [0.1, 0.15) is 0 Å². The van der Waals surface area contributed by atoms with Crippen LogP contribution in [0, 0.1) is 0 Å². The lowest BCUT2D eigenvalue weighted by Crippen LogP contribution is -2.39. The van der Waals surface area contributed by atoms with Crippen molar-refractivity contribution in [3.05, 3.63) is 35.9 Å². The molecule has 0 saturated heterocycles. The summed E-state index contributed by atoms with van der Waals surface area (Å²) < 4.78 is 10.1. The second kappa shape index (κ2) is 10.4. The summed E-state index contributed by atoms with van der Waals surface area (Å²) in [5, 5.41) is 9.89. The summed E-state index contributed by atoms with van der Waals surface area (Å²) in [4.78, 5) is 11.4. The van der Waals surface area contributed by atoms with Crippen LogP contribution in [0.5, 0.6) is 0 Å². The van der Waals surface area contributed by atoms with Crippen molar-refractivity contribution in [2.45, 2.75) is 52.4 Å². The number of hydrogen-bond donors (Lipinski definition) is 1. The molecule has 2 atom stereocenters. The topological polar surface area (TPSA) is 55.8 Å². The monoisotopic (exact) mass is 282 g/mol. The van der Waals surface area contributed by atoms with Gasteiger partial charge in [-0.1, -0.05) is 44.2 Å². The minimum Gasteiger partial charge on any atom is -0.467 e. The maximum absolute atomic E-state index is 11.4. The van der Waals surface area contributed by atoms with Gasteiger partial charge in [0.15, 0.2) is 6.10 Å². The van der Waals surface area contributed by atoms with Crippen LogP contribution in [0.15, 0.2) is 30.3 Å². The Labute approximate surface area is 121 Å². The first-order chi connectivity index (χ1) is 9.54. The van der Waals surface area contributed by atoms with Crippen molar-refractivity contribution in [2.75, 3.05) is 7.11 Å². The van der Waals surface area contributed by atoms with Gasteiger partial charge in [-0.15, -0.1) is 0 Å². The van der Waals surface area contributed by atoms with Crippen LogP contribution < -0.4 is 0 Å². The number of carbonyl (C=O) groups is 1. The van der Waals surface area contributed by atoms with E-state index in [2.05, 4.69) is 4.74 Å². The fourth-order valence-electron chi connectivity index (χ4n) is 1.70. The van der Waals surface area contributed by atoms with Crippen molar-refractivity contribution in [3.63, 3.8) is 0 Å². The predicted molar refractivity (Wildman–Crippen MR) is 79.5 cm³/mol. The molecular formula is C16H26O4. The highest BCUT2D eigenvalue weighted by Crippen LogP contribution is 2.12. The van der Waals surface area contributed by atoms with E-state index in [4.69, 9.17) is 4.74 Å². The fraction of sp³-hybridized carbons (Fsp3) is 0.562. The van der Waals surface area contributed by atoms with Gasteiger partial charge in [0.25, 0.3) is 0 Å². The van der Waals surface area contributed by atoms with E-state index in [-0.39, 0.29) is 6.10 Å². The van der Waals surface area contributed by atoms with Crippen molar-refractivity contribution in [2.24, 2.45) is 0 Å². The predicted octanol–water partition coefficient (Wildman–Crippen LogP) is 2.58. The number of ether oxygens (including phenoxy) is 2. The molecule has 0 aliphatic carbocycles. The highest BCUT2D eigenvalue weighted by Gasteiger charge is 2.28. The molecule has 0 radical (unpaired) electrons. The van der Waals surface area contributed by atoms with E-state index in [1.807, 2.05) is 58.0 Å². The number of carbonyl (C=O) groups excluding carboxylic acids is 1. The second-order valence-electron chi connectivity index (χ2n) is 4.38. The highest BCUT2D eigenvalue weighted by molar-refractivity contribution is 5.75. The van der Waals surface area contributed by atoms with Crippen LogP contribution in [0.4, 0.5) is 0 Å². The zero-order valence-corrected chi connectivity index (χ0v) is 13.0. The quantitative estimate of drug-likeness (QED) is 0.815. The first kappa shape index (κ1) is 18.6. The van der Waals surface area contributed by atoms with Crippen molar-refractivity contribution in [1.82, 2.24) is 0 Å². The molecule has 1 rings (SSSR count). The molecule has 0 heterocycles. The van der Waals surface area contributed by atoms with Gasteiger partial charge in [0, 0.05) is 6.42 Å². The molecule has 114 valence electrons. The van der Waals surface area contributed by atoms with E-state index < -0.39 is 18.2 Å². The van der Waals surface area contributed by atoms with E-state index in [1.54, 1.807) is 0 Å². The normalized spacial score (nSPS) is 13.2. The Hall–Kier alpha value is -1.39. The molecule has 1 aromatic rings. The summed E-state index contributed by atoms with van der Waals surface area (Å²) in [5.41, 5.74) is 1.01. The molecule has 0 bridgehead atoms. The number of aliphatic hydroxyl groups is 1. The number of hydrogen-bond acceptors (Lipinski definition) is 4. The lowest BCUT2D eigenvalue weighted by molar-refractivity contribution is -0.161. The van der Waals surface area contributed by atoms with E-state index in [0.717, 1.165) is 5.56 Å². The Bertz CT molecular complexity index is 362. The number of benzene rings is 1. The first-order valence-electron chi connectivity index (χ1n) is 7.00. The fourth-order valence-corrected chi connectivity index (χ4v) is 1.70. The molecule has 0 spiro atoms. The molecule has 0 amide bonds. The van der Waals surface area contributed by atoms with Gasteiger partial charge in [0.2, 0.25) is 0 Å². The van der Waals surface area contributed by atoms with Gasteiger partial charge in [-0.2, -0.15) is 0 Å². The number of methoxy groups -OCH3 is 1. The van der Waals surface area contributed by atoms with Crippen molar-refractivity contribution >= 4 is 5.97 Å². The molecule has 4 nitrogen and oxygen atoms in total. The van der Waals surface area contributed by atoms with E-state index in [1.165, 1.54) is 7.11 Å².